The molecule has 0 fully saturated rings. The van der Waals surface area contributed by atoms with Gasteiger partial charge in [0.25, 0.3) is 5.69 Å². The van der Waals surface area contributed by atoms with Crippen molar-refractivity contribution in [3.05, 3.63) is 71.0 Å². The van der Waals surface area contributed by atoms with E-state index in [1.54, 1.807) is 29.1 Å². The molecule has 6 nitrogen and oxygen atoms in total. The quantitative estimate of drug-likeness (QED) is 0.418. The molecule has 0 unspecified atom stereocenters. The van der Waals surface area contributed by atoms with Crippen molar-refractivity contribution >= 4 is 27.5 Å². The third kappa shape index (κ3) is 1.67. The number of nitro benzene ring substituents is 1. The van der Waals surface area contributed by atoms with E-state index in [0.717, 1.165) is 16.3 Å². The van der Waals surface area contributed by atoms with E-state index in [9.17, 15) is 10.1 Å². The first-order chi connectivity index (χ1) is 10.8. The summed E-state index contributed by atoms with van der Waals surface area (Å²) in [6, 6.07) is 14.5. The maximum Gasteiger partial charge on any atom is 0.293 e. The van der Waals surface area contributed by atoms with Crippen molar-refractivity contribution in [1.29, 1.82) is 0 Å². The summed E-state index contributed by atoms with van der Waals surface area (Å²) in [4.78, 5) is 19.6. The Morgan fingerprint density at radius 3 is 2.41 bits per heavy atom. The predicted octanol–water partition coefficient (Wildman–Crippen LogP) is 3.48. The molecule has 0 saturated carbocycles. The normalized spacial score (nSPS) is 11.1. The highest BCUT2D eigenvalue weighted by atomic mass is 16.6. The van der Waals surface area contributed by atoms with Crippen LogP contribution in [0.5, 0.6) is 0 Å². The minimum atomic E-state index is -0.374. The van der Waals surface area contributed by atoms with Crippen molar-refractivity contribution in [2.24, 2.45) is 0 Å². The molecule has 106 valence electrons. The van der Waals surface area contributed by atoms with Gasteiger partial charge in [0.1, 0.15) is 5.52 Å². The van der Waals surface area contributed by atoms with Gasteiger partial charge in [-0.1, -0.05) is 30.3 Å². The van der Waals surface area contributed by atoms with Crippen LogP contribution in [0.3, 0.4) is 0 Å². The third-order valence-corrected chi connectivity index (χ3v) is 3.62. The molecule has 6 heteroatoms. The van der Waals surface area contributed by atoms with Gasteiger partial charge in [-0.05, 0) is 12.1 Å². The number of hydrogen-bond acceptors (Lipinski definition) is 4. The van der Waals surface area contributed by atoms with Crippen LogP contribution in [0.1, 0.15) is 0 Å². The average molecular weight is 290 g/mol. The zero-order valence-electron chi connectivity index (χ0n) is 11.4. The molecule has 0 aliphatic rings. The van der Waals surface area contributed by atoms with Crippen molar-refractivity contribution < 1.29 is 4.92 Å². The summed E-state index contributed by atoms with van der Waals surface area (Å²) in [7, 11) is 0. The predicted molar refractivity (Wildman–Crippen MR) is 83.0 cm³/mol. The SMILES string of the molecule is O=[N+]([O-])c1cccc2c3ccccc3n(-c3ncccn3)c12. The second-order valence-electron chi connectivity index (χ2n) is 4.83. The number of aromatic nitrogens is 3. The summed E-state index contributed by atoms with van der Waals surface area (Å²) in [5.74, 6) is 0.419. The van der Waals surface area contributed by atoms with Gasteiger partial charge in [-0.3, -0.25) is 14.7 Å². The number of non-ortho nitro benzene ring substituents is 1. The number of nitro groups is 1. The average Bonchev–Trinajstić information content (AvgIpc) is 2.90. The van der Waals surface area contributed by atoms with E-state index in [2.05, 4.69) is 9.97 Å². The van der Waals surface area contributed by atoms with Crippen LogP contribution in [0.4, 0.5) is 5.69 Å². The Morgan fingerprint density at radius 2 is 1.64 bits per heavy atom. The van der Waals surface area contributed by atoms with Crippen molar-refractivity contribution in [2.45, 2.75) is 0 Å². The molecule has 2 heterocycles. The number of rotatable bonds is 2. The van der Waals surface area contributed by atoms with Crippen LogP contribution in [0.2, 0.25) is 0 Å². The van der Waals surface area contributed by atoms with E-state index in [0.29, 0.717) is 11.5 Å². The Labute approximate surface area is 124 Å². The fourth-order valence-electron chi connectivity index (χ4n) is 2.76. The van der Waals surface area contributed by atoms with Gasteiger partial charge in [-0.15, -0.1) is 0 Å². The molecule has 0 N–H and O–H groups in total. The maximum atomic E-state index is 11.4. The second kappa shape index (κ2) is 4.63. The number of fused-ring (bicyclic) bond motifs is 3. The molecule has 22 heavy (non-hydrogen) atoms. The molecule has 0 radical (unpaired) electrons. The van der Waals surface area contributed by atoms with Crippen molar-refractivity contribution in [1.82, 2.24) is 14.5 Å². The van der Waals surface area contributed by atoms with Gasteiger partial charge < -0.3 is 0 Å². The Balaban J connectivity index is 2.27. The molecule has 4 aromatic rings. The Kier molecular flexibility index (Phi) is 2.62. The minimum Gasteiger partial charge on any atom is -0.271 e. The monoisotopic (exact) mass is 290 g/mol. The van der Waals surface area contributed by atoms with E-state index < -0.39 is 0 Å². The Bertz CT molecular complexity index is 1010. The highest BCUT2D eigenvalue weighted by Gasteiger charge is 2.21. The van der Waals surface area contributed by atoms with E-state index in [4.69, 9.17) is 0 Å². The van der Waals surface area contributed by atoms with Crippen LogP contribution in [0.25, 0.3) is 27.8 Å². The molecule has 0 aliphatic carbocycles. The van der Waals surface area contributed by atoms with Crippen LogP contribution in [-0.4, -0.2) is 19.5 Å². The summed E-state index contributed by atoms with van der Waals surface area (Å²) < 4.78 is 1.74. The van der Waals surface area contributed by atoms with Crippen molar-refractivity contribution in [3.8, 4) is 5.95 Å². The maximum absolute atomic E-state index is 11.4. The van der Waals surface area contributed by atoms with Gasteiger partial charge >= 0.3 is 0 Å². The highest BCUT2D eigenvalue weighted by molar-refractivity contribution is 6.11. The smallest absolute Gasteiger partial charge is 0.271 e. The molecule has 0 spiro atoms. The lowest BCUT2D eigenvalue weighted by Gasteiger charge is -2.04. The number of benzene rings is 2. The van der Waals surface area contributed by atoms with Crippen LogP contribution < -0.4 is 0 Å². The minimum absolute atomic E-state index is 0.0427. The van der Waals surface area contributed by atoms with Crippen LogP contribution in [0, 0.1) is 10.1 Å². The van der Waals surface area contributed by atoms with Gasteiger partial charge in [0.2, 0.25) is 5.95 Å². The Morgan fingerprint density at radius 1 is 0.909 bits per heavy atom. The summed E-state index contributed by atoms with van der Waals surface area (Å²) in [6.07, 6.45) is 3.25. The number of nitrogens with zero attached hydrogens (tertiary/aromatic N) is 4. The molecular formula is C16H10N4O2. The van der Waals surface area contributed by atoms with E-state index in [1.165, 1.54) is 6.07 Å². The fraction of sp³-hybridized carbons (Fsp3) is 0. The van der Waals surface area contributed by atoms with Crippen molar-refractivity contribution in [2.75, 3.05) is 0 Å². The molecule has 0 amide bonds. The first-order valence-corrected chi connectivity index (χ1v) is 6.71. The van der Waals surface area contributed by atoms with Crippen molar-refractivity contribution in [3.63, 3.8) is 0 Å². The molecule has 0 saturated heterocycles. The van der Waals surface area contributed by atoms with E-state index >= 15 is 0 Å². The fourth-order valence-corrected chi connectivity index (χ4v) is 2.76. The van der Waals surface area contributed by atoms with Crippen LogP contribution in [-0.2, 0) is 0 Å². The topological polar surface area (TPSA) is 73.8 Å². The lowest BCUT2D eigenvalue weighted by atomic mass is 10.1. The molecule has 4 rings (SSSR count). The van der Waals surface area contributed by atoms with Gasteiger partial charge in [0.15, 0.2) is 0 Å². The summed E-state index contributed by atoms with van der Waals surface area (Å²) in [6.45, 7) is 0. The number of hydrogen-bond donors (Lipinski definition) is 0. The van der Waals surface area contributed by atoms with Crippen LogP contribution >= 0.6 is 0 Å². The largest absolute Gasteiger partial charge is 0.293 e. The lowest BCUT2D eigenvalue weighted by Crippen LogP contribution is -2.01. The third-order valence-electron chi connectivity index (χ3n) is 3.62. The van der Waals surface area contributed by atoms with Crippen LogP contribution in [0.15, 0.2) is 60.9 Å². The highest BCUT2D eigenvalue weighted by Crippen LogP contribution is 2.35. The first kappa shape index (κ1) is 12.5. The molecule has 0 aliphatic heterocycles. The summed E-state index contributed by atoms with van der Waals surface area (Å²) in [5.41, 5.74) is 1.40. The molecule has 0 atom stereocenters. The molecule has 2 aromatic heterocycles. The first-order valence-electron chi connectivity index (χ1n) is 6.71. The standard InChI is InChI=1S/C16H10N4O2/c21-20(22)14-8-3-6-12-11-5-1-2-7-13(11)19(15(12)14)16-17-9-4-10-18-16/h1-10H. The van der Waals surface area contributed by atoms with Gasteiger partial charge in [-0.2, -0.15) is 0 Å². The summed E-state index contributed by atoms with van der Waals surface area (Å²) >= 11 is 0. The van der Waals surface area contributed by atoms with Gasteiger partial charge in [0.05, 0.1) is 10.4 Å². The Hall–Kier alpha value is -3.28. The van der Waals surface area contributed by atoms with E-state index in [1.807, 2.05) is 30.3 Å². The molecule has 2 aromatic carbocycles. The zero-order valence-corrected chi connectivity index (χ0v) is 11.4. The second-order valence-corrected chi connectivity index (χ2v) is 4.83. The molecule has 0 bridgehead atoms. The summed E-state index contributed by atoms with van der Waals surface area (Å²) in [5, 5.41) is 13.2. The zero-order chi connectivity index (χ0) is 15.1. The van der Waals surface area contributed by atoms with E-state index in [-0.39, 0.29) is 10.6 Å². The van der Waals surface area contributed by atoms with Gasteiger partial charge in [-0.25, -0.2) is 9.97 Å². The van der Waals surface area contributed by atoms with Gasteiger partial charge in [0, 0.05) is 29.2 Å². The molecular weight excluding hydrogens is 280 g/mol. The lowest BCUT2D eigenvalue weighted by molar-refractivity contribution is -0.383. The number of para-hydroxylation sites is 2.